The Kier molecular flexibility index (Phi) is 4.61. The Balaban J connectivity index is 1.43. The standard InChI is InChI=1S/C23H25N3O/c1-26(23(16-24)11-5-2-6-12-23)22(27)15-25-19-9-10-21-18(14-19)13-17-7-3-4-8-20(17)21/h3-4,7-10,14,25H,2,5-6,11-13,15H2,1H3. The average molecular weight is 359 g/mol. The van der Waals surface area contributed by atoms with Crippen molar-refractivity contribution in [3.8, 4) is 17.2 Å². The van der Waals surface area contributed by atoms with Gasteiger partial charge in [0.05, 0.1) is 12.6 Å². The molecule has 2 aliphatic carbocycles. The average Bonchev–Trinajstić information content (AvgIpc) is 3.09. The van der Waals surface area contributed by atoms with Gasteiger partial charge >= 0.3 is 0 Å². The van der Waals surface area contributed by atoms with Gasteiger partial charge in [-0.1, -0.05) is 49.6 Å². The Labute approximate surface area is 160 Å². The Morgan fingerprint density at radius 1 is 1.11 bits per heavy atom. The second-order valence-corrected chi connectivity index (χ2v) is 7.72. The number of benzene rings is 2. The van der Waals surface area contributed by atoms with Gasteiger partial charge in [-0.05, 0) is 53.6 Å². The number of hydrogen-bond acceptors (Lipinski definition) is 3. The number of fused-ring (bicyclic) bond motifs is 3. The van der Waals surface area contributed by atoms with Crippen LogP contribution in [0.1, 0.15) is 43.2 Å². The molecule has 4 nitrogen and oxygen atoms in total. The molecular formula is C23H25N3O. The molecule has 0 atom stereocenters. The van der Waals surface area contributed by atoms with Crippen molar-refractivity contribution < 1.29 is 4.79 Å². The lowest BCUT2D eigenvalue weighted by Crippen LogP contribution is -2.51. The minimum Gasteiger partial charge on any atom is -0.376 e. The van der Waals surface area contributed by atoms with E-state index < -0.39 is 5.54 Å². The van der Waals surface area contributed by atoms with E-state index in [0.717, 1.165) is 44.2 Å². The summed E-state index contributed by atoms with van der Waals surface area (Å²) in [5.74, 6) is -0.0257. The predicted molar refractivity (Wildman–Crippen MR) is 107 cm³/mol. The summed E-state index contributed by atoms with van der Waals surface area (Å²) in [6, 6.07) is 17.2. The fourth-order valence-corrected chi connectivity index (χ4v) is 4.45. The Bertz CT molecular complexity index is 906. The highest BCUT2D eigenvalue weighted by atomic mass is 16.2. The van der Waals surface area contributed by atoms with Crippen molar-refractivity contribution in [1.29, 1.82) is 5.26 Å². The first-order valence-electron chi connectivity index (χ1n) is 9.76. The van der Waals surface area contributed by atoms with Crippen LogP contribution in [0.2, 0.25) is 0 Å². The van der Waals surface area contributed by atoms with Crippen molar-refractivity contribution >= 4 is 11.6 Å². The molecule has 138 valence electrons. The second-order valence-electron chi connectivity index (χ2n) is 7.72. The van der Waals surface area contributed by atoms with Crippen LogP contribution in [0.3, 0.4) is 0 Å². The summed E-state index contributed by atoms with van der Waals surface area (Å²) in [7, 11) is 1.78. The lowest BCUT2D eigenvalue weighted by atomic mass is 9.81. The maximum Gasteiger partial charge on any atom is 0.242 e. The number of carbonyl (C=O) groups excluding carboxylic acids is 1. The van der Waals surface area contributed by atoms with Gasteiger partial charge in [-0.2, -0.15) is 5.26 Å². The molecule has 0 aromatic heterocycles. The Morgan fingerprint density at radius 3 is 2.63 bits per heavy atom. The summed E-state index contributed by atoms with van der Waals surface area (Å²) < 4.78 is 0. The minimum atomic E-state index is -0.628. The van der Waals surface area contributed by atoms with Crippen LogP contribution in [0.15, 0.2) is 42.5 Å². The molecule has 1 fully saturated rings. The van der Waals surface area contributed by atoms with Crippen LogP contribution < -0.4 is 5.32 Å². The molecule has 4 heteroatoms. The van der Waals surface area contributed by atoms with Gasteiger partial charge in [-0.25, -0.2) is 0 Å². The van der Waals surface area contributed by atoms with Crippen molar-refractivity contribution in [3.63, 3.8) is 0 Å². The van der Waals surface area contributed by atoms with Gasteiger partial charge in [0.15, 0.2) is 0 Å². The Morgan fingerprint density at radius 2 is 1.85 bits per heavy atom. The molecule has 2 aliphatic rings. The van der Waals surface area contributed by atoms with E-state index in [-0.39, 0.29) is 12.5 Å². The van der Waals surface area contributed by atoms with Crippen molar-refractivity contribution in [1.82, 2.24) is 4.90 Å². The van der Waals surface area contributed by atoms with E-state index in [9.17, 15) is 10.1 Å². The number of nitrogens with one attached hydrogen (secondary N) is 1. The van der Waals surface area contributed by atoms with Crippen molar-refractivity contribution in [2.24, 2.45) is 0 Å². The first-order chi connectivity index (χ1) is 13.1. The Hall–Kier alpha value is -2.80. The molecule has 0 unspecified atom stereocenters. The van der Waals surface area contributed by atoms with E-state index in [0.29, 0.717) is 0 Å². The zero-order chi connectivity index (χ0) is 18.9. The topological polar surface area (TPSA) is 56.1 Å². The fraction of sp³-hybridized carbons (Fsp3) is 0.391. The number of likely N-dealkylation sites (N-methyl/N-ethyl adjacent to an activating group) is 1. The monoisotopic (exact) mass is 359 g/mol. The molecule has 2 aromatic rings. The SMILES string of the molecule is CN(C(=O)CNc1ccc2c(c1)Cc1ccccc1-2)C1(C#N)CCCCC1. The van der Waals surface area contributed by atoms with Gasteiger partial charge in [0.2, 0.25) is 5.91 Å². The normalized spacial score (nSPS) is 16.7. The highest BCUT2D eigenvalue weighted by Crippen LogP contribution is 2.37. The smallest absolute Gasteiger partial charge is 0.242 e. The minimum absolute atomic E-state index is 0.0257. The largest absolute Gasteiger partial charge is 0.376 e. The van der Waals surface area contributed by atoms with Crippen LogP contribution in [0.25, 0.3) is 11.1 Å². The van der Waals surface area contributed by atoms with E-state index in [1.54, 1.807) is 11.9 Å². The van der Waals surface area contributed by atoms with Gasteiger partial charge in [0.1, 0.15) is 5.54 Å². The van der Waals surface area contributed by atoms with Gasteiger partial charge < -0.3 is 10.2 Å². The number of hydrogen-bond donors (Lipinski definition) is 1. The molecule has 0 aliphatic heterocycles. The number of carbonyl (C=O) groups is 1. The maximum atomic E-state index is 12.7. The van der Waals surface area contributed by atoms with E-state index >= 15 is 0 Å². The molecule has 4 rings (SSSR count). The number of anilines is 1. The number of nitrogens with zero attached hydrogens (tertiary/aromatic N) is 2. The van der Waals surface area contributed by atoms with Crippen LogP contribution in [0, 0.1) is 11.3 Å². The van der Waals surface area contributed by atoms with E-state index in [1.807, 2.05) is 6.07 Å². The predicted octanol–water partition coefficient (Wildman–Crippen LogP) is 4.35. The molecule has 0 bridgehead atoms. The fourth-order valence-electron chi connectivity index (χ4n) is 4.45. The van der Waals surface area contributed by atoms with Gasteiger partial charge in [0, 0.05) is 12.7 Å². The molecule has 1 amide bonds. The lowest BCUT2D eigenvalue weighted by Gasteiger charge is -2.39. The highest BCUT2D eigenvalue weighted by molar-refractivity contribution is 5.83. The number of amides is 1. The van der Waals surface area contributed by atoms with E-state index in [1.165, 1.54) is 22.3 Å². The van der Waals surface area contributed by atoms with Crippen LogP contribution in [-0.4, -0.2) is 29.9 Å². The molecule has 27 heavy (non-hydrogen) atoms. The first kappa shape index (κ1) is 17.6. The lowest BCUT2D eigenvalue weighted by molar-refractivity contribution is -0.132. The van der Waals surface area contributed by atoms with Gasteiger partial charge in [0.25, 0.3) is 0 Å². The van der Waals surface area contributed by atoms with Crippen molar-refractivity contribution in [2.45, 2.75) is 44.1 Å². The highest BCUT2D eigenvalue weighted by Gasteiger charge is 2.38. The number of rotatable bonds is 4. The quantitative estimate of drug-likeness (QED) is 0.753. The van der Waals surface area contributed by atoms with Crippen molar-refractivity contribution in [3.05, 3.63) is 53.6 Å². The van der Waals surface area contributed by atoms with Crippen LogP contribution >= 0.6 is 0 Å². The zero-order valence-electron chi connectivity index (χ0n) is 15.8. The molecule has 1 saturated carbocycles. The van der Waals surface area contributed by atoms with Crippen molar-refractivity contribution in [2.75, 3.05) is 18.9 Å². The zero-order valence-corrected chi connectivity index (χ0v) is 15.8. The third-order valence-electron chi connectivity index (χ3n) is 6.14. The van der Waals surface area contributed by atoms with Gasteiger partial charge in [-0.15, -0.1) is 0 Å². The second kappa shape index (κ2) is 7.08. The van der Waals surface area contributed by atoms with E-state index in [2.05, 4.69) is 47.8 Å². The third-order valence-corrected chi connectivity index (χ3v) is 6.14. The molecule has 0 saturated heterocycles. The van der Waals surface area contributed by atoms with Crippen LogP contribution in [0.4, 0.5) is 5.69 Å². The summed E-state index contributed by atoms with van der Waals surface area (Å²) in [5, 5.41) is 12.9. The molecule has 1 N–H and O–H groups in total. The third kappa shape index (κ3) is 3.19. The summed E-state index contributed by atoms with van der Waals surface area (Å²) in [6.45, 7) is 0.214. The molecule has 0 heterocycles. The van der Waals surface area contributed by atoms with Crippen LogP contribution in [-0.2, 0) is 11.2 Å². The number of nitriles is 1. The van der Waals surface area contributed by atoms with Crippen LogP contribution in [0.5, 0.6) is 0 Å². The van der Waals surface area contributed by atoms with E-state index in [4.69, 9.17) is 0 Å². The molecular weight excluding hydrogens is 334 g/mol. The first-order valence-corrected chi connectivity index (χ1v) is 9.76. The maximum absolute atomic E-state index is 12.7. The summed E-state index contributed by atoms with van der Waals surface area (Å²) >= 11 is 0. The summed E-state index contributed by atoms with van der Waals surface area (Å²) in [4.78, 5) is 14.4. The summed E-state index contributed by atoms with van der Waals surface area (Å²) in [5.41, 5.74) is 5.57. The van der Waals surface area contributed by atoms with Gasteiger partial charge in [-0.3, -0.25) is 4.79 Å². The molecule has 2 aromatic carbocycles. The summed E-state index contributed by atoms with van der Waals surface area (Å²) in [6.07, 6.45) is 5.69. The molecule has 0 spiro atoms. The molecule has 0 radical (unpaired) electrons.